The highest BCUT2D eigenvalue weighted by molar-refractivity contribution is 8.00. The Balaban J connectivity index is 2.39. The van der Waals surface area contributed by atoms with Gasteiger partial charge in [0.25, 0.3) is 0 Å². The van der Waals surface area contributed by atoms with Crippen LogP contribution >= 0.6 is 23.5 Å². The van der Waals surface area contributed by atoms with Gasteiger partial charge in [-0.3, -0.25) is 4.79 Å². The summed E-state index contributed by atoms with van der Waals surface area (Å²) in [5.74, 6) is 1.94. The summed E-state index contributed by atoms with van der Waals surface area (Å²) in [7, 11) is 0. The van der Waals surface area contributed by atoms with E-state index in [0.29, 0.717) is 0 Å². The van der Waals surface area contributed by atoms with Crippen LogP contribution in [-0.2, 0) is 17.0 Å². The minimum atomic E-state index is -0.407. The van der Waals surface area contributed by atoms with Gasteiger partial charge in [-0.2, -0.15) is 11.8 Å². The van der Waals surface area contributed by atoms with Crippen molar-refractivity contribution in [1.82, 2.24) is 5.32 Å². The van der Waals surface area contributed by atoms with Gasteiger partial charge < -0.3 is 5.32 Å². The van der Waals surface area contributed by atoms with Crippen LogP contribution in [0.4, 0.5) is 0 Å². The van der Waals surface area contributed by atoms with Crippen molar-refractivity contribution in [3.63, 3.8) is 0 Å². The summed E-state index contributed by atoms with van der Waals surface area (Å²) >= 11 is 3.58. The SMILES string of the molecule is CCc1ccc(CSC(C)(C)C(=O)NCCSC(C)(C)C)cc1. The maximum absolute atomic E-state index is 12.4. The molecular weight excluding hydrogens is 322 g/mol. The molecule has 0 aliphatic rings. The van der Waals surface area contributed by atoms with Crippen molar-refractivity contribution in [2.45, 2.75) is 63.2 Å². The number of thioether (sulfide) groups is 2. The molecule has 0 saturated carbocycles. The molecule has 0 fully saturated rings. The minimum absolute atomic E-state index is 0.127. The van der Waals surface area contributed by atoms with E-state index in [1.807, 2.05) is 25.6 Å². The third kappa shape index (κ3) is 8.16. The van der Waals surface area contributed by atoms with E-state index < -0.39 is 4.75 Å². The van der Waals surface area contributed by atoms with Gasteiger partial charge in [0.05, 0.1) is 4.75 Å². The van der Waals surface area contributed by atoms with Crippen LogP contribution in [0.1, 0.15) is 52.7 Å². The molecule has 1 aromatic carbocycles. The van der Waals surface area contributed by atoms with Crippen molar-refractivity contribution in [3.8, 4) is 0 Å². The second-order valence-electron chi connectivity index (χ2n) is 7.19. The Kier molecular flexibility index (Phi) is 8.02. The van der Waals surface area contributed by atoms with Crippen molar-refractivity contribution >= 4 is 29.4 Å². The number of carbonyl (C=O) groups excluding carboxylic acids is 1. The number of amides is 1. The van der Waals surface area contributed by atoms with Crippen molar-refractivity contribution in [2.24, 2.45) is 0 Å². The van der Waals surface area contributed by atoms with Crippen LogP contribution in [0.3, 0.4) is 0 Å². The average molecular weight is 354 g/mol. The lowest BCUT2D eigenvalue weighted by Gasteiger charge is -2.24. The van der Waals surface area contributed by atoms with E-state index in [1.54, 1.807) is 11.8 Å². The van der Waals surface area contributed by atoms with Crippen molar-refractivity contribution in [3.05, 3.63) is 35.4 Å². The zero-order chi connectivity index (χ0) is 17.5. The molecule has 4 heteroatoms. The molecule has 130 valence electrons. The Morgan fingerprint density at radius 2 is 1.57 bits per heavy atom. The molecule has 1 aromatic rings. The quantitative estimate of drug-likeness (QED) is 0.673. The Morgan fingerprint density at radius 3 is 2.09 bits per heavy atom. The van der Waals surface area contributed by atoms with E-state index >= 15 is 0 Å². The molecule has 0 aliphatic heterocycles. The maximum atomic E-state index is 12.4. The summed E-state index contributed by atoms with van der Waals surface area (Å²) < 4.78 is -0.157. The van der Waals surface area contributed by atoms with Crippen molar-refractivity contribution < 1.29 is 4.79 Å². The summed E-state index contributed by atoms with van der Waals surface area (Å²) in [4.78, 5) is 12.4. The molecule has 0 aromatic heterocycles. The van der Waals surface area contributed by atoms with Crippen LogP contribution in [0.2, 0.25) is 0 Å². The van der Waals surface area contributed by atoms with Crippen LogP contribution in [0.15, 0.2) is 24.3 Å². The normalized spacial score (nSPS) is 12.3. The molecule has 2 nitrogen and oxygen atoms in total. The average Bonchev–Trinajstić information content (AvgIpc) is 2.49. The van der Waals surface area contributed by atoms with Crippen molar-refractivity contribution in [2.75, 3.05) is 12.3 Å². The zero-order valence-electron chi connectivity index (χ0n) is 15.4. The summed E-state index contributed by atoms with van der Waals surface area (Å²) in [5.41, 5.74) is 2.63. The van der Waals surface area contributed by atoms with Gasteiger partial charge in [0.2, 0.25) is 5.91 Å². The van der Waals surface area contributed by atoms with E-state index in [2.05, 4.69) is 57.3 Å². The fraction of sp³-hybridized carbons (Fsp3) is 0.632. The topological polar surface area (TPSA) is 29.1 Å². The molecule has 1 rings (SSSR count). The molecular formula is C19H31NOS2. The summed E-state index contributed by atoms with van der Waals surface area (Å²) in [5, 5.41) is 3.07. The van der Waals surface area contributed by atoms with Crippen molar-refractivity contribution in [1.29, 1.82) is 0 Å². The van der Waals surface area contributed by atoms with E-state index in [4.69, 9.17) is 0 Å². The fourth-order valence-electron chi connectivity index (χ4n) is 1.94. The number of benzene rings is 1. The largest absolute Gasteiger partial charge is 0.354 e. The van der Waals surface area contributed by atoms with E-state index in [9.17, 15) is 4.79 Å². The van der Waals surface area contributed by atoms with Crippen LogP contribution in [-0.4, -0.2) is 27.7 Å². The second-order valence-corrected chi connectivity index (χ2v) is 10.7. The monoisotopic (exact) mass is 353 g/mol. The maximum Gasteiger partial charge on any atom is 0.235 e. The van der Waals surface area contributed by atoms with Gasteiger partial charge >= 0.3 is 0 Å². The number of hydrogen-bond acceptors (Lipinski definition) is 3. The number of rotatable bonds is 8. The molecule has 1 N–H and O–H groups in total. The molecule has 0 heterocycles. The Bertz CT molecular complexity index is 489. The molecule has 0 radical (unpaired) electrons. The smallest absolute Gasteiger partial charge is 0.235 e. The lowest BCUT2D eigenvalue weighted by atomic mass is 10.1. The first-order valence-corrected chi connectivity index (χ1v) is 10.3. The first kappa shape index (κ1) is 20.4. The van der Waals surface area contributed by atoms with Gasteiger partial charge in [0, 0.05) is 22.8 Å². The first-order chi connectivity index (χ1) is 10.6. The first-order valence-electron chi connectivity index (χ1n) is 8.28. The van der Waals surface area contributed by atoms with E-state index in [-0.39, 0.29) is 10.7 Å². The molecule has 0 atom stereocenters. The van der Waals surface area contributed by atoms with Crippen LogP contribution < -0.4 is 5.32 Å². The molecule has 0 saturated heterocycles. The summed E-state index contributed by atoms with van der Waals surface area (Å²) in [6, 6.07) is 8.68. The number of nitrogens with one attached hydrogen (secondary N) is 1. The molecule has 0 spiro atoms. The van der Waals surface area contributed by atoms with Crippen LogP contribution in [0.5, 0.6) is 0 Å². The number of carbonyl (C=O) groups is 1. The highest BCUT2D eigenvalue weighted by atomic mass is 32.2. The van der Waals surface area contributed by atoms with Crippen LogP contribution in [0, 0.1) is 0 Å². The van der Waals surface area contributed by atoms with E-state index in [1.165, 1.54) is 11.1 Å². The third-order valence-corrected chi connectivity index (χ3v) is 6.16. The van der Waals surface area contributed by atoms with Gasteiger partial charge in [-0.05, 0) is 31.4 Å². The van der Waals surface area contributed by atoms with E-state index in [0.717, 1.165) is 24.5 Å². The second kappa shape index (κ2) is 9.03. The third-order valence-electron chi connectivity index (χ3n) is 3.50. The predicted octanol–water partition coefficient (Wildman–Crippen LogP) is 4.91. The van der Waals surface area contributed by atoms with Gasteiger partial charge in [-0.25, -0.2) is 0 Å². The summed E-state index contributed by atoms with van der Waals surface area (Å²) in [6.07, 6.45) is 1.06. The van der Waals surface area contributed by atoms with Gasteiger partial charge in [-0.1, -0.05) is 52.0 Å². The Morgan fingerprint density at radius 1 is 1.00 bits per heavy atom. The van der Waals surface area contributed by atoms with Gasteiger partial charge in [-0.15, -0.1) is 11.8 Å². The molecule has 0 bridgehead atoms. The van der Waals surface area contributed by atoms with Crippen LogP contribution in [0.25, 0.3) is 0 Å². The zero-order valence-corrected chi connectivity index (χ0v) is 17.0. The number of hydrogen-bond donors (Lipinski definition) is 1. The lowest BCUT2D eigenvalue weighted by molar-refractivity contribution is -0.122. The molecule has 23 heavy (non-hydrogen) atoms. The lowest BCUT2D eigenvalue weighted by Crippen LogP contribution is -2.41. The number of aryl methyl sites for hydroxylation is 1. The Hall–Kier alpha value is -0.610. The summed E-state index contributed by atoms with van der Waals surface area (Å²) in [6.45, 7) is 13.5. The predicted molar refractivity (Wildman–Crippen MR) is 106 cm³/mol. The highest BCUT2D eigenvalue weighted by Crippen LogP contribution is 2.28. The molecule has 1 amide bonds. The molecule has 0 unspecified atom stereocenters. The fourth-order valence-corrected chi connectivity index (χ4v) is 3.67. The standard InChI is InChI=1S/C19H31NOS2/c1-7-15-8-10-16(11-9-15)14-23-19(5,6)17(21)20-12-13-22-18(2,3)4/h8-11H,7,12-14H2,1-6H3,(H,20,21). The molecule has 0 aliphatic carbocycles. The van der Waals surface area contributed by atoms with Gasteiger partial charge in [0.1, 0.15) is 0 Å². The van der Waals surface area contributed by atoms with Gasteiger partial charge in [0.15, 0.2) is 0 Å². The highest BCUT2D eigenvalue weighted by Gasteiger charge is 2.27. The Labute approximate surface area is 150 Å². The minimum Gasteiger partial charge on any atom is -0.354 e.